The third-order valence-electron chi connectivity index (χ3n) is 8.91. The molecule has 6 atom stereocenters. The minimum absolute atomic E-state index is 0.0148. The molecule has 0 bridgehead atoms. The number of carbonyl (C=O) groups excluding carboxylic acids is 1. The molecule has 174 valence electrons. The second-order valence-electron chi connectivity index (χ2n) is 11.0. The summed E-state index contributed by atoms with van der Waals surface area (Å²) < 4.78 is 12.2. The number of aliphatic hydroxyl groups is 2. The van der Waals surface area contributed by atoms with E-state index in [1.54, 1.807) is 13.3 Å². The second kappa shape index (κ2) is 7.45. The number of allylic oxidation sites excluding steroid dienone is 1. The van der Waals surface area contributed by atoms with Crippen LogP contribution in [0.2, 0.25) is 0 Å². The van der Waals surface area contributed by atoms with Crippen LogP contribution >= 0.6 is 0 Å². The van der Waals surface area contributed by atoms with E-state index < -0.39 is 24.8 Å². The molecule has 1 aliphatic heterocycles. The Morgan fingerprint density at radius 3 is 2.69 bits per heavy atom. The van der Waals surface area contributed by atoms with Crippen molar-refractivity contribution < 1.29 is 24.5 Å². The maximum atomic E-state index is 12.5. The number of fused-ring (bicyclic) bond motifs is 4. The third-order valence-corrected chi connectivity index (χ3v) is 8.91. The minimum Gasteiger partial charge on any atom is -0.392 e. The normalized spacial score (nSPS) is 37.9. The molecule has 0 amide bonds. The number of aliphatic hydroxyl groups excluding tert-OH is 2. The average Bonchev–Trinajstić information content (AvgIpc) is 3.30. The van der Waals surface area contributed by atoms with E-state index in [0.29, 0.717) is 17.9 Å². The topological polar surface area (TPSA) is 88.9 Å². The van der Waals surface area contributed by atoms with Crippen molar-refractivity contribution in [1.82, 2.24) is 4.98 Å². The number of hydrogen-bond acceptors (Lipinski definition) is 6. The maximum Gasteiger partial charge on any atom is 0.206 e. The molecule has 6 heteroatoms. The molecule has 2 heterocycles. The summed E-state index contributed by atoms with van der Waals surface area (Å²) in [6.07, 6.45) is 4.90. The Kier molecular flexibility index (Phi) is 5.17. The zero-order valence-electron chi connectivity index (χ0n) is 19.8. The van der Waals surface area contributed by atoms with Crippen molar-refractivity contribution in [2.45, 2.75) is 78.3 Å². The molecular formula is C26H35NO5. The van der Waals surface area contributed by atoms with E-state index in [1.165, 1.54) is 11.1 Å². The summed E-state index contributed by atoms with van der Waals surface area (Å²) in [5.41, 5.74) is 5.49. The Labute approximate surface area is 190 Å². The van der Waals surface area contributed by atoms with Crippen LogP contribution in [0, 0.1) is 22.7 Å². The largest absolute Gasteiger partial charge is 0.392 e. The van der Waals surface area contributed by atoms with Crippen LogP contribution in [0.4, 0.5) is 0 Å². The van der Waals surface area contributed by atoms with Gasteiger partial charge in [0.15, 0.2) is 6.29 Å². The highest BCUT2D eigenvalue weighted by Crippen LogP contribution is 2.67. The third kappa shape index (κ3) is 2.86. The number of ketones is 1. The molecule has 1 aromatic heterocycles. The zero-order chi connectivity index (χ0) is 23.0. The van der Waals surface area contributed by atoms with Gasteiger partial charge in [0.2, 0.25) is 5.78 Å². The molecule has 0 spiro atoms. The summed E-state index contributed by atoms with van der Waals surface area (Å²) in [5.74, 6) is 0.00522. The number of aromatic nitrogens is 1. The second-order valence-corrected chi connectivity index (χ2v) is 11.0. The fourth-order valence-corrected chi connectivity index (χ4v) is 7.31. The van der Waals surface area contributed by atoms with E-state index >= 15 is 0 Å². The molecule has 5 rings (SSSR count). The molecule has 2 N–H and O–H groups in total. The van der Waals surface area contributed by atoms with Crippen LogP contribution in [-0.2, 0) is 15.9 Å². The van der Waals surface area contributed by atoms with E-state index in [2.05, 4.69) is 32.7 Å². The van der Waals surface area contributed by atoms with Gasteiger partial charge in [-0.15, -0.1) is 0 Å². The van der Waals surface area contributed by atoms with E-state index in [0.717, 1.165) is 36.8 Å². The molecule has 4 aliphatic rings. The maximum absolute atomic E-state index is 12.5. The van der Waals surface area contributed by atoms with Crippen LogP contribution < -0.4 is 0 Å². The highest BCUT2D eigenvalue weighted by atomic mass is 16.7. The first-order valence-corrected chi connectivity index (χ1v) is 11.9. The molecule has 6 nitrogen and oxygen atoms in total. The van der Waals surface area contributed by atoms with Gasteiger partial charge in [0.25, 0.3) is 0 Å². The number of nitrogens with zero attached hydrogens (tertiary/aromatic N) is 1. The highest BCUT2D eigenvalue weighted by molar-refractivity contribution is 5.97. The summed E-state index contributed by atoms with van der Waals surface area (Å²) in [5, 5.41) is 21.2. The highest BCUT2D eigenvalue weighted by Gasteiger charge is 2.61. The van der Waals surface area contributed by atoms with Crippen molar-refractivity contribution >= 4 is 5.78 Å². The van der Waals surface area contributed by atoms with Gasteiger partial charge in [-0.2, -0.15) is 0 Å². The van der Waals surface area contributed by atoms with Crippen LogP contribution in [0.5, 0.6) is 0 Å². The van der Waals surface area contributed by atoms with Gasteiger partial charge in [-0.05, 0) is 48.1 Å². The lowest BCUT2D eigenvalue weighted by molar-refractivity contribution is -0.190. The Morgan fingerprint density at radius 1 is 1.28 bits per heavy atom. The predicted molar refractivity (Wildman–Crippen MR) is 119 cm³/mol. The number of carbonyl (C=O) groups is 1. The predicted octanol–water partition coefficient (Wildman–Crippen LogP) is 4.06. The van der Waals surface area contributed by atoms with Crippen molar-refractivity contribution in [2.75, 3.05) is 13.7 Å². The lowest BCUT2D eigenvalue weighted by atomic mass is 9.53. The fourth-order valence-electron chi connectivity index (χ4n) is 7.31. The standard InChI is InChI=1S/C26H35NO5/c1-13(2)15-6-7-25(3)8-9-26(4)21(20(15)25)16(29)10-14-11-27-22(17(30)12-28)19-18(14)23(26)32-24(19)31-5/h11,13,16,21,23-24,28-29H,6-10,12H2,1-5H3. The molecule has 0 saturated heterocycles. The molecule has 1 aromatic rings. The van der Waals surface area contributed by atoms with Crippen LogP contribution in [0.3, 0.4) is 0 Å². The number of Topliss-reactive ketones (excluding diaryl/α,β-unsaturated/α-hetero) is 1. The van der Waals surface area contributed by atoms with Gasteiger partial charge in [-0.25, -0.2) is 0 Å². The van der Waals surface area contributed by atoms with E-state index in [-0.39, 0.29) is 28.5 Å². The van der Waals surface area contributed by atoms with E-state index in [4.69, 9.17) is 9.47 Å². The van der Waals surface area contributed by atoms with Crippen molar-refractivity contribution in [1.29, 1.82) is 0 Å². The van der Waals surface area contributed by atoms with Gasteiger partial charge in [0.05, 0.1) is 12.2 Å². The monoisotopic (exact) mass is 441 g/mol. The van der Waals surface area contributed by atoms with Crippen molar-refractivity contribution in [3.8, 4) is 0 Å². The quantitative estimate of drug-likeness (QED) is 0.541. The SMILES string of the molecule is COC1OC2c3c(cnc(C(=O)CO)c31)CC(O)C1C3=C(C(C)C)CCC3(C)CCC21C. The first-order valence-electron chi connectivity index (χ1n) is 11.9. The van der Waals surface area contributed by atoms with Gasteiger partial charge < -0.3 is 19.7 Å². The lowest BCUT2D eigenvalue weighted by Crippen LogP contribution is -2.48. The molecule has 0 radical (unpaired) electrons. The molecule has 6 unspecified atom stereocenters. The first kappa shape index (κ1) is 22.2. The lowest BCUT2D eigenvalue weighted by Gasteiger charge is -2.53. The molecule has 0 aromatic carbocycles. The van der Waals surface area contributed by atoms with Crippen LogP contribution in [0.1, 0.15) is 93.0 Å². The smallest absolute Gasteiger partial charge is 0.206 e. The van der Waals surface area contributed by atoms with Crippen LogP contribution in [-0.4, -0.2) is 40.8 Å². The van der Waals surface area contributed by atoms with Crippen LogP contribution in [0.25, 0.3) is 0 Å². The van der Waals surface area contributed by atoms with Gasteiger partial charge in [-0.1, -0.05) is 38.8 Å². The average molecular weight is 442 g/mol. The molecule has 32 heavy (non-hydrogen) atoms. The van der Waals surface area contributed by atoms with Gasteiger partial charge >= 0.3 is 0 Å². The minimum atomic E-state index is -0.698. The summed E-state index contributed by atoms with van der Waals surface area (Å²) in [4.78, 5) is 16.9. The van der Waals surface area contributed by atoms with Gasteiger partial charge in [0, 0.05) is 36.6 Å². The van der Waals surface area contributed by atoms with Crippen molar-refractivity contribution in [2.24, 2.45) is 22.7 Å². The Balaban J connectivity index is 1.73. The summed E-state index contributed by atoms with van der Waals surface area (Å²) in [6.45, 7) is 8.55. The molecule has 3 aliphatic carbocycles. The number of ether oxygens (including phenoxy) is 2. The number of pyridine rings is 1. The van der Waals surface area contributed by atoms with Crippen molar-refractivity contribution in [3.63, 3.8) is 0 Å². The zero-order valence-corrected chi connectivity index (χ0v) is 19.8. The number of hydrogen-bond donors (Lipinski definition) is 2. The first-order chi connectivity index (χ1) is 15.2. The molecule has 1 fully saturated rings. The summed E-state index contributed by atoms with van der Waals surface area (Å²) in [7, 11) is 1.57. The van der Waals surface area contributed by atoms with Gasteiger partial charge in [0.1, 0.15) is 12.3 Å². The van der Waals surface area contributed by atoms with Gasteiger partial charge in [-0.3, -0.25) is 9.78 Å². The Hall–Kier alpha value is -1.60. The van der Waals surface area contributed by atoms with Crippen molar-refractivity contribution in [3.05, 3.63) is 39.7 Å². The number of methoxy groups -OCH3 is 1. The fraction of sp³-hybridized carbons (Fsp3) is 0.692. The molecule has 1 saturated carbocycles. The Bertz CT molecular complexity index is 1000. The van der Waals surface area contributed by atoms with E-state index in [1.807, 2.05) is 0 Å². The Morgan fingerprint density at radius 2 is 2.03 bits per heavy atom. The van der Waals surface area contributed by atoms with E-state index in [9.17, 15) is 15.0 Å². The molecular weight excluding hydrogens is 406 g/mol. The summed E-state index contributed by atoms with van der Waals surface area (Å²) in [6, 6.07) is 0. The number of rotatable bonds is 4. The van der Waals surface area contributed by atoms with Crippen LogP contribution in [0.15, 0.2) is 17.3 Å². The summed E-state index contributed by atoms with van der Waals surface area (Å²) >= 11 is 0.